The van der Waals surface area contributed by atoms with Gasteiger partial charge in [0.1, 0.15) is 0 Å². The fourth-order valence-corrected chi connectivity index (χ4v) is 1.75. The summed E-state index contributed by atoms with van der Waals surface area (Å²) in [5.74, 6) is -0.177. The van der Waals surface area contributed by atoms with E-state index in [2.05, 4.69) is 25.9 Å². The van der Waals surface area contributed by atoms with E-state index in [-0.39, 0.29) is 17.2 Å². The van der Waals surface area contributed by atoms with Gasteiger partial charge in [0, 0.05) is 11.4 Å². The first-order valence-corrected chi connectivity index (χ1v) is 5.08. The van der Waals surface area contributed by atoms with Crippen LogP contribution >= 0.6 is 15.9 Å². The summed E-state index contributed by atoms with van der Waals surface area (Å²) in [4.78, 5) is 29.2. The highest BCUT2D eigenvalue weighted by Gasteiger charge is 2.08. The predicted molar refractivity (Wildman–Crippen MR) is 60.1 cm³/mol. The van der Waals surface area contributed by atoms with Crippen molar-refractivity contribution in [1.82, 2.24) is 9.97 Å². The Balaban J connectivity index is 2.92. The number of carbonyl (C=O) groups excluding carboxylic acids is 1. The molecule has 5 heteroatoms. The van der Waals surface area contributed by atoms with E-state index < -0.39 is 0 Å². The second-order valence-electron chi connectivity index (χ2n) is 3.11. The standard InChI is InChI=1S/C10H7BrN2O2/c1-5(14)9-12-8-6(10(15)13-9)3-2-4-7(8)11/h2-4H,1H3,(H,12,13,15). The van der Waals surface area contributed by atoms with Crippen LogP contribution in [0.3, 0.4) is 0 Å². The van der Waals surface area contributed by atoms with Crippen LogP contribution in [0.4, 0.5) is 0 Å². The summed E-state index contributed by atoms with van der Waals surface area (Å²) in [6.07, 6.45) is 0. The van der Waals surface area contributed by atoms with Crippen molar-refractivity contribution in [1.29, 1.82) is 0 Å². The van der Waals surface area contributed by atoms with Crippen molar-refractivity contribution in [2.24, 2.45) is 0 Å². The number of para-hydroxylation sites is 1. The highest BCUT2D eigenvalue weighted by atomic mass is 79.9. The molecule has 0 fully saturated rings. The van der Waals surface area contributed by atoms with E-state index in [4.69, 9.17) is 0 Å². The molecule has 0 aliphatic rings. The first-order valence-electron chi connectivity index (χ1n) is 4.29. The second kappa shape index (κ2) is 3.58. The number of H-pyrrole nitrogens is 1. The van der Waals surface area contributed by atoms with Gasteiger partial charge in [0.25, 0.3) is 5.56 Å². The maximum absolute atomic E-state index is 11.6. The van der Waals surface area contributed by atoms with Crippen molar-refractivity contribution in [2.75, 3.05) is 0 Å². The van der Waals surface area contributed by atoms with E-state index in [0.717, 1.165) is 0 Å². The molecule has 76 valence electrons. The fourth-order valence-electron chi connectivity index (χ4n) is 1.29. The molecule has 0 saturated carbocycles. The Morgan fingerprint density at radius 1 is 1.47 bits per heavy atom. The van der Waals surface area contributed by atoms with Gasteiger partial charge in [-0.15, -0.1) is 0 Å². The molecule has 1 N–H and O–H groups in total. The third-order valence-corrected chi connectivity index (χ3v) is 2.66. The Kier molecular flexibility index (Phi) is 2.40. The number of Topliss-reactive ketones (excluding diaryl/α,β-unsaturated/α-hetero) is 1. The number of nitrogens with zero attached hydrogens (tertiary/aromatic N) is 1. The number of rotatable bonds is 1. The van der Waals surface area contributed by atoms with Crippen molar-refractivity contribution in [3.8, 4) is 0 Å². The first-order chi connectivity index (χ1) is 7.09. The maximum atomic E-state index is 11.6. The third-order valence-electron chi connectivity index (χ3n) is 2.02. The predicted octanol–water partition coefficient (Wildman–Crippen LogP) is 1.89. The summed E-state index contributed by atoms with van der Waals surface area (Å²) >= 11 is 3.29. The molecule has 2 rings (SSSR count). The molecule has 0 bridgehead atoms. The van der Waals surface area contributed by atoms with Crippen LogP contribution < -0.4 is 5.56 Å². The van der Waals surface area contributed by atoms with Crippen molar-refractivity contribution in [2.45, 2.75) is 6.92 Å². The SMILES string of the molecule is CC(=O)c1nc2c(Br)cccc2c(=O)[nH]1. The van der Waals surface area contributed by atoms with Crippen LogP contribution in [0.5, 0.6) is 0 Å². The summed E-state index contributed by atoms with van der Waals surface area (Å²) in [6.45, 7) is 1.36. The van der Waals surface area contributed by atoms with Crippen LogP contribution in [0.1, 0.15) is 17.5 Å². The largest absolute Gasteiger partial charge is 0.303 e. The zero-order valence-electron chi connectivity index (χ0n) is 7.87. The van der Waals surface area contributed by atoms with Gasteiger partial charge in [-0.2, -0.15) is 0 Å². The molecule has 4 nitrogen and oxygen atoms in total. The lowest BCUT2D eigenvalue weighted by atomic mass is 10.2. The van der Waals surface area contributed by atoms with Crippen molar-refractivity contribution in [3.05, 3.63) is 38.9 Å². The normalized spacial score (nSPS) is 10.5. The number of ketones is 1. The highest BCUT2D eigenvalue weighted by Crippen LogP contribution is 2.18. The molecule has 0 spiro atoms. The van der Waals surface area contributed by atoms with Crippen LogP contribution in [-0.4, -0.2) is 15.8 Å². The van der Waals surface area contributed by atoms with Crippen molar-refractivity contribution < 1.29 is 4.79 Å². The van der Waals surface area contributed by atoms with E-state index in [1.54, 1.807) is 18.2 Å². The second-order valence-corrected chi connectivity index (χ2v) is 3.96. The molecule has 1 aromatic carbocycles. The number of hydrogen-bond donors (Lipinski definition) is 1. The molecule has 0 atom stereocenters. The highest BCUT2D eigenvalue weighted by molar-refractivity contribution is 9.10. The zero-order chi connectivity index (χ0) is 11.0. The minimum Gasteiger partial charge on any atom is -0.303 e. The van der Waals surface area contributed by atoms with Gasteiger partial charge in [-0.1, -0.05) is 6.07 Å². The van der Waals surface area contributed by atoms with Gasteiger partial charge in [0.2, 0.25) is 0 Å². The first kappa shape index (κ1) is 10.0. The topological polar surface area (TPSA) is 62.8 Å². The van der Waals surface area contributed by atoms with Gasteiger partial charge < -0.3 is 4.98 Å². The lowest BCUT2D eigenvalue weighted by Gasteiger charge is -2.00. The summed E-state index contributed by atoms with van der Waals surface area (Å²) < 4.78 is 0.702. The van der Waals surface area contributed by atoms with Crippen LogP contribution in [-0.2, 0) is 0 Å². The minimum absolute atomic E-state index is 0.0828. The van der Waals surface area contributed by atoms with Crippen LogP contribution in [0.2, 0.25) is 0 Å². The Morgan fingerprint density at radius 3 is 2.87 bits per heavy atom. The molecule has 0 saturated heterocycles. The summed E-state index contributed by atoms with van der Waals surface area (Å²) in [7, 11) is 0. The van der Waals surface area contributed by atoms with E-state index in [0.29, 0.717) is 15.4 Å². The van der Waals surface area contributed by atoms with Crippen molar-refractivity contribution >= 4 is 32.6 Å². The van der Waals surface area contributed by atoms with Gasteiger partial charge in [-0.05, 0) is 28.1 Å². The molecule has 0 unspecified atom stereocenters. The van der Waals surface area contributed by atoms with E-state index in [1.165, 1.54) is 6.92 Å². The fraction of sp³-hybridized carbons (Fsp3) is 0.100. The van der Waals surface area contributed by atoms with Crippen LogP contribution in [0, 0.1) is 0 Å². The van der Waals surface area contributed by atoms with E-state index in [9.17, 15) is 9.59 Å². The monoisotopic (exact) mass is 266 g/mol. The maximum Gasteiger partial charge on any atom is 0.259 e. The molecule has 1 aromatic heterocycles. The van der Waals surface area contributed by atoms with Crippen molar-refractivity contribution in [3.63, 3.8) is 0 Å². The molecular weight excluding hydrogens is 260 g/mol. The lowest BCUT2D eigenvalue weighted by Crippen LogP contribution is -2.14. The molecular formula is C10H7BrN2O2. The lowest BCUT2D eigenvalue weighted by molar-refractivity contribution is 0.100. The van der Waals surface area contributed by atoms with E-state index in [1.807, 2.05) is 0 Å². The third kappa shape index (κ3) is 1.70. The van der Waals surface area contributed by atoms with Gasteiger partial charge >= 0.3 is 0 Å². The zero-order valence-corrected chi connectivity index (χ0v) is 9.46. The molecule has 0 amide bonds. The molecule has 2 aromatic rings. The Hall–Kier alpha value is -1.49. The number of carbonyl (C=O) groups is 1. The number of benzene rings is 1. The van der Waals surface area contributed by atoms with Gasteiger partial charge in [0.15, 0.2) is 11.6 Å². The Bertz CT molecular complexity index is 604. The van der Waals surface area contributed by atoms with Gasteiger partial charge in [-0.3, -0.25) is 9.59 Å². The van der Waals surface area contributed by atoms with Gasteiger partial charge in [-0.25, -0.2) is 4.98 Å². The summed E-state index contributed by atoms with van der Waals surface area (Å²) in [5.41, 5.74) is 0.206. The Morgan fingerprint density at radius 2 is 2.20 bits per heavy atom. The summed E-state index contributed by atoms with van der Waals surface area (Å²) in [5, 5.41) is 0.467. The molecule has 0 aliphatic heterocycles. The van der Waals surface area contributed by atoms with Crippen LogP contribution in [0.25, 0.3) is 10.9 Å². The smallest absolute Gasteiger partial charge is 0.259 e. The number of aromatic amines is 1. The quantitative estimate of drug-likeness (QED) is 0.802. The minimum atomic E-state index is -0.300. The van der Waals surface area contributed by atoms with E-state index >= 15 is 0 Å². The number of aromatic nitrogens is 2. The number of hydrogen-bond acceptors (Lipinski definition) is 3. The molecule has 1 heterocycles. The van der Waals surface area contributed by atoms with Gasteiger partial charge in [0.05, 0.1) is 10.9 Å². The summed E-state index contributed by atoms with van der Waals surface area (Å²) in [6, 6.07) is 5.19. The number of fused-ring (bicyclic) bond motifs is 1. The molecule has 0 radical (unpaired) electrons. The van der Waals surface area contributed by atoms with Crippen LogP contribution in [0.15, 0.2) is 27.5 Å². The number of halogens is 1. The molecule has 0 aliphatic carbocycles. The Labute approximate surface area is 93.5 Å². The molecule has 15 heavy (non-hydrogen) atoms. The number of nitrogens with one attached hydrogen (secondary N) is 1. The average molecular weight is 267 g/mol. The average Bonchev–Trinajstić information content (AvgIpc) is 2.19.